The second-order valence-electron chi connectivity index (χ2n) is 2.96. The largest absolute Gasteiger partial charge is 2.00 e. The van der Waals surface area contributed by atoms with Crippen LogP contribution in [-0.2, 0) is 32.3 Å². The maximum absolute atomic E-state index is 2.96. The Morgan fingerprint density at radius 2 is 1.33 bits per heavy atom. The molecule has 2 heterocycles. The van der Waals surface area contributed by atoms with E-state index in [1.165, 1.54) is 11.1 Å². The Kier molecular flexibility index (Phi) is 8.03. The average molecular weight is 289 g/mol. The Morgan fingerprint density at radius 1 is 0.933 bits per heavy atom. The van der Waals surface area contributed by atoms with Crippen LogP contribution in [-0.4, -0.2) is 9.97 Å². The monoisotopic (exact) mass is 290 g/mol. The normalized spacial score (nSPS) is 8.67. The zero-order valence-electron chi connectivity index (χ0n) is 9.08. The van der Waals surface area contributed by atoms with Gasteiger partial charge >= 0.3 is 19.5 Å². The summed E-state index contributed by atoms with van der Waals surface area (Å²) in [6.07, 6.45) is 11.8. The van der Waals surface area contributed by atoms with Crippen LogP contribution in [0.2, 0.25) is 0 Å². The second kappa shape index (κ2) is 8.49. The van der Waals surface area contributed by atoms with E-state index in [1.54, 1.807) is 0 Å². The number of hydrogen-bond donors (Lipinski definition) is 2. The third-order valence-corrected chi connectivity index (χ3v) is 1.96. The summed E-state index contributed by atoms with van der Waals surface area (Å²) < 4.78 is 0. The van der Waals surface area contributed by atoms with E-state index in [0.29, 0.717) is 0 Å². The van der Waals surface area contributed by atoms with Gasteiger partial charge in [-0.1, -0.05) is 26.7 Å². The molecule has 82 valence electrons. The van der Waals surface area contributed by atoms with Gasteiger partial charge in [-0.2, -0.15) is 35.7 Å². The van der Waals surface area contributed by atoms with Crippen molar-refractivity contribution in [2.45, 2.75) is 26.7 Å². The molecule has 2 rings (SSSR count). The van der Waals surface area contributed by atoms with Crippen molar-refractivity contribution in [2.24, 2.45) is 0 Å². The van der Waals surface area contributed by atoms with Gasteiger partial charge in [0.05, 0.1) is 0 Å². The molecule has 0 aliphatic rings. The van der Waals surface area contributed by atoms with Crippen LogP contribution in [0.15, 0.2) is 24.5 Å². The maximum Gasteiger partial charge on any atom is 2.00 e. The predicted octanol–water partition coefficient (Wildman–Crippen LogP) is 2.75. The van der Waals surface area contributed by atoms with Gasteiger partial charge in [-0.05, 0) is 0 Å². The Hall–Kier alpha value is -0.817. The van der Waals surface area contributed by atoms with E-state index in [0.717, 1.165) is 12.8 Å². The van der Waals surface area contributed by atoms with Crippen molar-refractivity contribution in [1.82, 2.24) is 9.97 Å². The smallest absolute Gasteiger partial charge is 0.484 e. The summed E-state index contributed by atoms with van der Waals surface area (Å²) in [4.78, 5) is 5.71. The molecule has 15 heavy (non-hydrogen) atoms. The van der Waals surface area contributed by atoms with Crippen molar-refractivity contribution in [3.8, 4) is 0 Å². The fourth-order valence-electron chi connectivity index (χ4n) is 1.05. The van der Waals surface area contributed by atoms with Crippen LogP contribution in [0.25, 0.3) is 0 Å². The predicted molar refractivity (Wildman–Crippen MR) is 58.0 cm³/mol. The van der Waals surface area contributed by atoms with Crippen LogP contribution in [0.1, 0.15) is 25.0 Å². The minimum atomic E-state index is 0. The summed E-state index contributed by atoms with van der Waals surface area (Å²) >= 11 is 0. The fraction of sp³-hybridized carbons (Fsp3) is 0.333. The second-order valence-corrected chi connectivity index (χ2v) is 2.96. The van der Waals surface area contributed by atoms with Crippen LogP contribution in [0.5, 0.6) is 0 Å². The number of aromatic nitrogens is 2. The Bertz CT molecular complexity index is 277. The first kappa shape index (κ1) is 14.2. The quantitative estimate of drug-likeness (QED) is 0.629. The third kappa shape index (κ3) is 5.58. The van der Waals surface area contributed by atoms with Gasteiger partial charge in [-0.25, -0.2) is 0 Å². The molecule has 0 aliphatic heterocycles. The van der Waals surface area contributed by atoms with Crippen molar-refractivity contribution in [2.75, 3.05) is 0 Å². The van der Waals surface area contributed by atoms with Gasteiger partial charge in [0.2, 0.25) is 0 Å². The zero-order valence-corrected chi connectivity index (χ0v) is 10.8. The molecular weight excluding hydrogens is 273 g/mol. The standard InChI is InChI=1S/2C6H8N.Ru/c2*1-2-6-3-4-7-5-6;/h2*3-4,7H,2H2,1H3;/q2*-1;+2. The molecule has 2 nitrogen and oxygen atoms in total. The van der Waals surface area contributed by atoms with Gasteiger partial charge in [0, 0.05) is 0 Å². The van der Waals surface area contributed by atoms with Crippen molar-refractivity contribution < 1.29 is 19.5 Å². The average Bonchev–Trinajstić information content (AvgIpc) is 2.92. The van der Waals surface area contributed by atoms with Crippen LogP contribution >= 0.6 is 0 Å². The molecule has 0 unspecified atom stereocenters. The fourth-order valence-corrected chi connectivity index (χ4v) is 1.05. The first-order valence-corrected chi connectivity index (χ1v) is 4.94. The molecule has 0 saturated heterocycles. The Labute approximate surface area is 104 Å². The van der Waals surface area contributed by atoms with Crippen LogP contribution in [0.4, 0.5) is 0 Å². The van der Waals surface area contributed by atoms with Gasteiger partial charge in [-0.3, -0.25) is 0 Å². The number of hydrogen-bond acceptors (Lipinski definition) is 0. The minimum absolute atomic E-state index is 0. The van der Waals surface area contributed by atoms with Crippen LogP contribution in [0, 0.1) is 12.4 Å². The van der Waals surface area contributed by atoms with E-state index >= 15 is 0 Å². The molecular formula is C12H16N2Ru. The first-order chi connectivity index (χ1) is 6.86. The SMILES string of the molecule is CCc1[c-][nH]cc1.CCc1[c-][nH]cc1.[Ru+2]. The molecule has 0 aliphatic carbocycles. The number of rotatable bonds is 2. The zero-order chi connectivity index (χ0) is 10.2. The third-order valence-electron chi connectivity index (χ3n) is 1.96. The first-order valence-electron chi connectivity index (χ1n) is 4.94. The number of nitrogens with one attached hydrogen (secondary N) is 2. The number of H-pyrrole nitrogens is 2. The molecule has 0 saturated carbocycles. The van der Waals surface area contributed by atoms with E-state index in [1.807, 2.05) is 24.5 Å². The summed E-state index contributed by atoms with van der Waals surface area (Å²) in [5, 5.41) is 0. The van der Waals surface area contributed by atoms with E-state index < -0.39 is 0 Å². The Morgan fingerprint density at radius 3 is 1.47 bits per heavy atom. The summed E-state index contributed by atoms with van der Waals surface area (Å²) in [5.41, 5.74) is 2.50. The molecule has 0 atom stereocenters. The van der Waals surface area contributed by atoms with Crippen molar-refractivity contribution in [3.63, 3.8) is 0 Å². The van der Waals surface area contributed by atoms with Gasteiger partial charge < -0.3 is 9.97 Å². The molecule has 2 aromatic heterocycles. The minimum Gasteiger partial charge on any atom is -0.484 e. The van der Waals surface area contributed by atoms with Crippen LogP contribution < -0.4 is 0 Å². The molecule has 0 bridgehead atoms. The Balaban J connectivity index is 0.000000245. The molecule has 2 aromatic rings. The van der Waals surface area contributed by atoms with Gasteiger partial charge in [-0.15, -0.1) is 12.4 Å². The van der Waals surface area contributed by atoms with Crippen LogP contribution in [0.3, 0.4) is 0 Å². The number of aromatic amines is 2. The molecule has 0 aromatic carbocycles. The molecule has 0 amide bonds. The topological polar surface area (TPSA) is 31.6 Å². The van der Waals surface area contributed by atoms with Gasteiger partial charge in [0.15, 0.2) is 0 Å². The van der Waals surface area contributed by atoms with E-state index in [4.69, 9.17) is 0 Å². The summed E-state index contributed by atoms with van der Waals surface area (Å²) in [5.74, 6) is 0. The van der Waals surface area contributed by atoms with Gasteiger partial charge in [0.1, 0.15) is 0 Å². The molecule has 0 radical (unpaired) electrons. The molecule has 3 heteroatoms. The molecule has 0 fully saturated rings. The van der Waals surface area contributed by atoms with E-state index in [9.17, 15) is 0 Å². The van der Waals surface area contributed by atoms with Crippen molar-refractivity contribution >= 4 is 0 Å². The summed E-state index contributed by atoms with van der Waals surface area (Å²) in [7, 11) is 0. The van der Waals surface area contributed by atoms with Crippen molar-refractivity contribution in [1.29, 1.82) is 0 Å². The van der Waals surface area contributed by atoms with Crippen molar-refractivity contribution in [3.05, 3.63) is 48.0 Å². The molecule has 0 spiro atoms. The van der Waals surface area contributed by atoms with E-state index in [2.05, 4.69) is 36.2 Å². The summed E-state index contributed by atoms with van der Waals surface area (Å²) in [6, 6.07) is 4.06. The number of aryl methyl sites for hydroxylation is 2. The van der Waals surface area contributed by atoms with Gasteiger partial charge in [0.25, 0.3) is 0 Å². The molecule has 2 N–H and O–H groups in total. The maximum atomic E-state index is 2.96. The van der Waals surface area contributed by atoms with E-state index in [-0.39, 0.29) is 19.5 Å². The summed E-state index contributed by atoms with van der Waals surface area (Å²) in [6.45, 7) is 4.22.